The Morgan fingerprint density at radius 3 is 2.50 bits per heavy atom. The van der Waals surface area contributed by atoms with Crippen LogP contribution < -0.4 is 0 Å². The van der Waals surface area contributed by atoms with E-state index >= 15 is 0 Å². The summed E-state index contributed by atoms with van der Waals surface area (Å²) in [6, 6.07) is 0. The minimum Gasteiger partial charge on any atom is -0.380 e. The number of rotatable bonds is 1. The highest BCUT2D eigenvalue weighted by Crippen LogP contribution is 2.44. The maximum Gasteiger partial charge on any atom is 0.0764 e. The molecule has 0 heterocycles. The maximum absolute atomic E-state index is 5.36. The molecule has 4 atom stereocenters. The molecular weight excluding hydrogens is 192 g/mol. The summed E-state index contributed by atoms with van der Waals surface area (Å²) in [5, 5.41) is 0. The highest BCUT2D eigenvalue weighted by Gasteiger charge is 2.43. The van der Waals surface area contributed by atoms with Crippen LogP contribution in [0.3, 0.4) is 0 Å². The van der Waals surface area contributed by atoms with E-state index in [1.807, 2.05) is 0 Å². The third-order valence-corrected chi connectivity index (χ3v) is 3.77. The van der Waals surface area contributed by atoms with Gasteiger partial charge in [0.25, 0.3) is 0 Å². The summed E-state index contributed by atoms with van der Waals surface area (Å²) in [5.41, 5.74) is 0. The number of alkyl halides is 1. The molecule has 56 valence electrons. The molecule has 0 saturated heterocycles. The van der Waals surface area contributed by atoms with Crippen LogP contribution in [0.5, 0.6) is 0 Å². The van der Waals surface area contributed by atoms with Crippen molar-refractivity contribution in [3.63, 3.8) is 0 Å². The van der Waals surface area contributed by atoms with Crippen LogP contribution >= 0.6 is 15.9 Å². The smallest absolute Gasteiger partial charge is 0.0764 e. The lowest BCUT2D eigenvalue weighted by Gasteiger charge is -2.21. The Labute approximate surface area is 69.6 Å². The van der Waals surface area contributed by atoms with Crippen molar-refractivity contribution in [2.45, 2.75) is 17.4 Å². The first-order valence-corrected chi connectivity index (χ1v) is 4.59. The van der Waals surface area contributed by atoms with E-state index in [1.165, 1.54) is 6.42 Å². The molecule has 2 heteroatoms. The Hall–Kier alpha value is 0.180. The SMILES string of the molecule is CO[C@H]1[C@H](Br)[C@H]2C=C[C@@H]1C2. The van der Waals surface area contributed by atoms with Gasteiger partial charge in [-0.2, -0.15) is 0 Å². The number of halogens is 1. The normalized spacial score (nSPS) is 50.6. The highest BCUT2D eigenvalue weighted by atomic mass is 79.9. The summed E-state index contributed by atoms with van der Waals surface area (Å²) in [4.78, 5) is 0.562. The van der Waals surface area contributed by atoms with E-state index in [2.05, 4.69) is 28.1 Å². The summed E-state index contributed by atoms with van der Waals surface area (Å²) < 4.78 is 5.36. The topological polar surface area (TPSA) is 9.23 Å². The van der Waals surface area contributed by atoms with Gasteiger partial charge < -0.3 is 4.74 Å². The van der Waals surface area contributed by atoms with Gasteiger partial charge in [0.05, 0.1) is 6.10 Å². The first-order valence-electron chi connectivity index (χ1n) is 3.68. The number of fused-ring (bicyclic) bond motifs is 2. The number of hydrogen-bond donors (Lipinski definition) is 0. The molecule has 0 amide bonds. The second-order valence-corrected chi connectivity index (χ2v) is 4.15. The van der Waals surface area contributed by atoms with Crippen molar-refractivity contribution in [3.05, 3.63) is 12.2 Å². The summed E-state index contributed by atoms with van der Waals surface area (Å²) in [6.45, 7) is 0. The van der Waals surface area contributed by atoms with Gasteiger partial charge in [0.15, 0.2) is 0 Å². The molecule has 0 radical (unpaired) electrons. The van der Waals surface area contributed by atoms with Crippen molar-refractivity contribution >= 4 is 15.9 Å². The van der Waals surface area contributed by atoms with Crippen molar-refractivity contribution in [3.8, 4) is 0 Å². The monoisotopic (exact) mass is 202 g/mol. The molecule has 2 aliphatic rings. The molecule has 0 N–H and O–H groups in total. The molecule has 0 aliphatic heterocycles. The van der Waals surface area contributed by atoms with E-state index in [1.54, 1.807) is 7.11 Å². The van der Waals surface area contributed by atoms with Crippen molar-refractivity contribution < 1.29 is 4.74 Å². The van der Waals surface area contributed by atoms with E-state index in [0.29, 0.717) is 16.8 Å². The molecular formula is C8H11BrO. The van der Waals surface area contributed by atoms with Gasteiger partial charge in [-0.1, -0.05) is 28.1 Å². The zero-order valence-electron chi connectivity index (χ0n) is 5.96. The molecule has 1 nitrogen and oxygen atoms in total. The molecule has 0 unspecified atom stereocenters. The Bertz CT molecular complexity index is 167. The Morgan fingerprint density at radius 2 is 2.10 bits per heavy atom. The largest absolute Gasteiger partial charge is 0.380 e. The Kier molecular flexibility index (Phi) is 1.61. The minimum absolute atomic E-state index is 0.426. The van der Waals surface area contributed by atoms with Crippen LogP contribution in [0, 0.1) is 11.8 Å². The Balaban J connectivity index is 2.18. The van der Waals surface area contributed by atoms with E-state index in [-0.39, 0.29) is 0 Å². The summed E-state index contributed by atoms with van der Waals surface area (Å²) in [6.07, 6.45) is 6.31. The molecule has 2 aliphatic carbocycles. The van der Waals surface area contributed by atoms with Crippen LogP contribution in [0.4, 0.5) is 0 Å². The fourth-order valence-corrected chi connectivity index (χ4v) is 3.02. The van der Waals surface area contributed by atoms with Gasteiger partial charge in [-0.25, -0.2) is 0 Å². The van der Waals surface area contributed by atoms with Gasteiger partial charge >= 0.3 is 0 Å². The van der Waals surface area contributed by atoms with E-state index in [9.17, 15) is 0 Å². The van der Waals surface area contributed by atoms with Crippen LogP contribution in [0.15, 0.2) is 12.2 Å². The minimum atomic E-state index is 0.426. The standard InChI is InChI=1S/C8H11BrO/c1-10-8-6-3-2-5(4-6)7(8)9/h2-3,5-8H,4H2,1H3/t5-,6+,7+,8+/m0/s1. The maximum atomic E-state index is 5.36. The fourth-order valence-electron chi connectivity index (χ4n) is 2.02. The zero-order chi connectivity index (χ0) is 7.14. The molecule has 0 aromatic rings. The summed E-state index contributed by atoms with van der Waals surface area (Å²) in [7, 11) is 1.80. The average Bonchev–Trinajstić information content (AvgIpc) is 2.46. The first-order chi connectivity index (χ1) is 4.83. The van der Waals surface area contributed by atoms with Gasteiger partial charge in [0.2, 0.25) is 0 Å². The summed E-state index contributed by atoms with van der Waals surface area (Å²) >= 11 is 3.65. The number of methoxy groups -OCH3 is 1. The fraction of sp³-hybridized carbons (Fsp3) is 0.750. The van der Waals surface area contributed by atoms with Crippen LogP contribution in [-0.4, -0.2) is 18.0 Å². The lowest BCUT2D eigenvalue weighted by Crippen LogP contribution is -2.26. The van der Waals surface area contributed by atoms with Crippen molar-refractivity contribution in [2.24, 2.45) is 11.8 Å². The van der Waals surface area contributed by atoms with Crippen molar-refractivity contribution in [2.75, 3.05) is 7.11 Å². The average molecular weight is 203 g/mol. The van der Waals surface area contributed by atoms with Gasteiger partial charge in [0, 0.05) is 17.9 Å². The molecule has 2 rings (SSSR count). The Morgan fingerprint density at radius 1 is 1.40 bits per heavy atom. The predicted octanol–water partition coefficient (Wildman–Crippen LogP) is 1.97. The molecule has 2 bridgehead atoms. The van der Waals surface area contributed by atoms with Crippen LogP contribution in [0.25, 0.3) is 0 Å². The van der Waals surface area contributed by atoms with Crippen LogP contribution in [-0.2, 0) is 4.74 Å². The van der Waals surface area contributed by atoms with Crippen LogP contribution in [0.1, 0.15) is 6.42 Å². The van der Waals surface area contributed by atoms with E-state index in [0.717, 1.165) is 5.92 Å². The lowest BCUT2D eigenvalue weighted by atomic mass is 10.0. The second-order valence-electron chi connectivity index (χ2n) is 3.09. The third-order valence-electron chi connectivity index (χ3n) is 2.57. The third kappa shape index (κ3) is 0.785. The predicted molar refractivity (Wildman–Crippen MR) is 44.2 cm³/mol. The number of ether oxygens (including phenoxy) is 1. The van der Waals surface area contributed by atoms with E-state index < -0.39 is 0 Å². The molecule has 10 heavy (non-hydrogen) atoms. The van der Waals surface area contributed by atoms with Gasteiger partial charge in [0.1, 0.15) is 0 Å². The van der Waals surface area contributed by atoms with Crippen molar-refractivity contribution in [1.82, 2.24) is 0 Å². The molecule has 0 aromatic carbocycles. The summed E-state index contributed by atoms with van der Waals surface area (Å²) in [5.74, 6) is 1.41. The molecule has 0 spiro atoms. The van der Waals surface area contributed by atoms with Crippen molar-refractivity contribution in [1.29, 1.82) is 0 Å². The zero-order valence-corrected chi connectivity index (χ0v) is 7.54. The van der Waals surface area contributed by atoms with Crippen LogP contribution in [0.2, 0.25) is 0 Å². The second kappa shape index (κ2) is 2.35. The molecule has 0 aromatic heterocycles. The van der Waals surface area contributed by atoms with Gasteiger partial charge in [-0.15, -0.1) is 0 Å². The highest BCUT2D eigenvalue weighted by molar-refractivity contribution is 9.09. The lowest BCUT2D eigenvalue weighted by molar-refractivity contribution is 0.0880. The van der Waals surface area contributed by atoms with Gasteiger partial charge in [-0.3, -0.25) is 0 Å². The quantitative estimate of drug-likeness (QED) is 0.467. The number of allylic oxidation sites excluding steroid dienone is 1. The number of hydrogen-bond acceptors (Lipinski definition) is 1. The molecule has 1 saturated carbocycles. The molecule has 1 fully saturated rings. The van der Waals surface area contributed by atoms with E-state index in [4.69, 9.17) is 4.74 Å². The van der Waals surface area contributed by atoms with Gasteiger partial charge in [-0.05, 0) is 12.3 Å². The first kappa shape index (κ1) is 6.86.